The number of hydrogen-bond acceptors (Lipinski definition) is 2. The number of ether oxygens (including phenoxy) is 1. The van der Waals surface area contributed by atoms with E-state index in [9.17, 15) is 4.79 Å². The predicted molar refractivity (Wildman–Crippen MR) is 116 cm³/mol. The molecule has 0 radical (unpaired) electrons. The monoisotopic (exact) mass is 390 g/mol. The van der Waals surface area contributed by atoms with Gasteiger partial charge in [-0.25, -0.2) is 0 Å². The molecule has 1 aliphatic heterocycles. The van der Waals surface area contributed by atoms with Crippen molar-refractivity contribution in [3.05, 3.63) is 35.9 Å². The Morgan fingerprint density at radius 1 is 1.18 bits per heavy atom. The summed E-state index contributed by atoms with van der Waals surface area (Å²) < 4.78 is 8.39. The number of nitrogens with zero attached hydrogens (tertiary/aromatic N) is 2. The molecule has 4 nitrogen and oxygen atoms in total. The van der Waals surface area contributed by atoms with Crippen molar-refractivity contribution in [3.63, 3.8) is 0 Å². The van der Waals surface area contributed by atoms with Crippen LogP contribution in [-0.2, 0) is 15.1 Å². The molecule has 4 heteroatoms. The lowest BCUT2D eigenvalue weighted by molar-refractivity contribution is -0.949. The van der Waals surface area contributed by atoms with E-state index in [-0.39, 0.29) is 11.4 Å². The number of benzene rings is 1. The van der Waals surface area contributed by atoms with Gasteiger partial charge in [-0.3, -0.25) is 4.79 Å². The standard InChI is InChI=1S/C24H42N2O2/c1-9-22(27)28-24(21-15-13-12-14-16-21)17-20(4)25(6,7)18-23(24,5)19-26(8,10-2)11-3/h12-16,20H,9-11,17-19H2,1-8H3/q+2. The van der Waals surface area contributed by atoms with Gasteiger partial charge in [0.15, 0.2) is 5.60 Å². The highest BCUT2D eigenvalue weighted by Gasteiger charge is 2.63. The highest BCUT2D eigenvalue weighted by molar-refractivity contribution is 5.70. The zero-order valence-electron chi connectivity index (χ0n) is 19.4. The Labute approximate surface area is 172 Å². The molecule has 28 heavy (non-hydrogen) atoms. The van der Waals surface area contributed by atoms with Crippen molar-refractivity contribution in [3.8, 4) is 0 Å². The Hall–Kier alpha value is -1.39. The summed E-state index contributed by atoms with van der Waals surface area (Å²) in [5.41, 5.74) is 0.374. The molecular weight excluding hydrogens is 348 g/mol. The molecule has 3 atom stereocenters. The minimum absolute atomic E-state index is 0.100. The first-order chi connectivity index (χ1) is 13.0. The van der Waals surface area contributed by atoms with Crippen molar-refractivity contribution in [2.45, 2.75) is 59.1 Å². The summed E-state index contributed by atoms with van der Waals surface area (Å²) >= 11 is 0. The first kappa shape index (κ1) is 22.9. The fourth-order valence-corrected chi connectivity index (χ4v) is 5.22. The molecular formula is C24H42N2O2+2. The van der Waals surface area contributed by atoms with Gasteiger partial charge in [0, 0.05) is 12.8 Å². The van der Waals surface area contributed by atoms with Crippen LogP contribution in [0.1, 0.15) is 53.0 Å². The van der Waals surface area contributed by atoms with Gasteiger partial charge in [-0.1, -0.05) is 37.3 Å². The normalized spacial score (nSPS) is 30.1. The van der Waals surface area contributed by atoms with Crippen LogP contribution in [0.4, 0.5) is 0 Å². The fourth-order valence-electron chi connectivity index (χ4n) is 5.22. The fraction of sp³-hybridized carbons (Fsp3) is 0.708. The molecule has 3 unspecified atom stereocenters. The number of quaternary nitrogens is 2. The topological polar surface area (TPSA) is 26.3 Å². The highest BCUT2D eigenvalue weighted by Crippen LogP contribution is 2.53. The summed E-state index contributed by atoms with van der Waals surface area (Å²) in [5.74, 6) is -0.100. The van der Waals surface area contributed by atoms with Crippen LogP contribution in [0.5, 0.6) is 0 Å². The van der Waals surface area contributed by atoms with Gasteiger partial charge in [0.05, 0.1) is 53.4 Å². The van der Waals surface area contributed by atoms with Crippen LogP contribution in [0.15, 0.2) is 30.3 Å². The second kappa shape index (κ2) is 8.16. The van der Waals surface area contributed by atoms with Crippen molar-refractivity contribution >= 4 is 5.97 Å². The van der Waals surface area contributed by atoms with Gasteiger partial charge >= 0.3 is 5.97 Å². The third-order valence-corrected chi connectivity index (χ3v) is 7.58. The van der Waals surface area contributed by atoms with Crippen molar-refractivity contribution in [2.24, 2.45) is 5.41 Å². The van der Waals surface area contributed by atoms with Gasteiger partial charge in [0.25, 0.3) is 0 Å². The van der Waals surface area contributed by atoms with Crippen molar-refractivity contribution < 1.29 is 18.5 Å². The van der Waals surface area contributed by atoms with E-state index in [1.54, 1.807) is 0 Å². The van der Waals surface area contributed by atoms with Crippen LogP contribution < -0.4 is 0 Å². The zero-order valence-corrected chi connectivity index (χ0v) is 19.4. The SMILES string of the molecule is CCC(=O)OC1(c2ccccc2)CC(C)[N+](C)(C)CC1(C)C[N+](C)(CC)CC. The van der Waals surface area contributed by atoms with E-state index in [4.69, 9.17) is 4.74 Å². The summed E-state index contributed by atoms with van der Waals surface area (Å²) in [7, 11) is 6.98. The molecule has 0 amide bonds. The number of carbonyl (C=O) groups excluding carboxylic acids is 1. The van der Waals surface area contributed by atoms with Crippen molar-refractivity contribution in [1.82, 2.24) is 0 Å². The molecule has 2 rings (SSSR count). The van der Waals surface area contributed by atoms with E-state index in [0.29, 0.717) is 12.5 Å². The number of rotatable bonds is 7. The lowest BCUT2D eigenvalue weighted by atomic mass is 9.62. The molecule has 1 fully saturated rings. The third kappa shape index (κ3) is 4.13. The van der Waals surface area contributed by atoms with Gasteiger partial charge in [0.2, 0.25) is 0 Å². The minimum atomic E-state index is -0.599. The molecule has 158 valence electrons. The lowest BCUT2D eigenvalue weighted by Crippen LogP contribution is -2.70. The van der Waals surface area contributed by atoms with E-state index < -0.39 is 5.60 Å². The minimum Gasteiger partial charge on any atom is -0.453 e. The molecule has 1 aromatic carbocycles. The van der Waals surface area contributed by atoms with Crippen LogP contribution in [0.25, 0.3) is 0 Å². The van der Waals surface area contributed by atoms with Gasteiger partial charge in [-0.15, -0.1) is 0 Å². The summed E-state index contributed by atoms with van der Waals surface area (Å²) in [6.45, 7) is 15.2. The van der Waals surface area contributed by atoms with Crippen LogP contribution in [0.2, 0.25) is 0 Å². The molecule has 1 saturated heterocycles. The largest absolute Gasteiger partial charge is 0.453 e. The van der Waals surface area contributed by atoms with Gasteiger partial charge in [-0.2, -0.15) is 0 Å². The van der Waals surface area contributed by atoms with Gasteiger partial charge in [-0.05, 0) is 33.3 Å². The number of likely N-dealkylation sites (tertiary alicyclic amines) is 1. The molecule has 0 aliphatic carbocycles. The summed E-state index contributed by atoms with van der Waals surface area (Å²) in [4.78, 5) is 12.7. The maximum Gasteiger partial charge on any atom is 0.306 e. The Bertz CT molecular complexity index is 668. The lowest BCUT2D eigenvalue weighted by Gasteiger charge is -2.59. The Balaban J connectivity index is 2.69. The first-order valence-electron chi connectivity index (χ1n) is 10.9. The molecule has 0 aromatic heterocycles. The third-order valence-electron chi connectivity index (χ3n) is 7.58. The van der Waals surface area contributed by atoms with E-state index in [1.807, 2.05) is 13.0 Å². The second-order valence-electron chi connectivity index (χ2n) is 9.98. The van der Waals surface area contributed by atoms with E-state index in [0.717, 1.165) is 47.1 Å². The average molecular weight is 391 g/mol. The quantitative estimate of drug-likeness (QED) is 0.515. The summed E-state index contributed by atoms with van der Waals surface area (Å²) in [5, 5.41) is 0. The first-order valence-corrected chi connectivity index (χ1v) is 10.9. The van der Waals surface area contributed by atoms with Crippen molar-refractivity contribution in [1.29, 1.82) is 0 Å². The Morgan fingerprint density at radius 3 is 2.25 bits per heavy atom. The van der Waals surface area contributed by atoms with Gasteiger partial charge in [0.1, 0.15) is 5.41 Å². The molecule has 1 aliphatic rings. The number of hydrogen-bond donors (Lipinski definition) is 0. The van der Waals surface area contributed by atoms with Crippen LogP contribution in [0, 0.1) is 5.41 Å². The van der Waals surface area contributed by atoms with Crippen molar-refractivity contribution in [2.75, 3.05) is 47.3 Å². The zero-order chi connectivity index (χ0) is 21.2. The molecule has 1 heterocycles. The smallest absolute Gasteiger partial charge is 0.306 e. The average Bonchev–Trinajstić information content (AvgIpc) is 2.66. The highest BCUT2D eigenvalue weighted by atomic mass is 16.6. The second-order valence-corrected chi connectivity index (χ2v) is 9.98. The molecule has 1 aromatic rings. The van der Waals surface area contributed by atoms with Crippen LogP contribution in [0.3, 0.4) is 0 Å². The van der Waals surface area contributed by atoms with E-state index in [1.165, 1.54) is 0 Å². The van der Waals surface area contributed by atoms with E-state index >= 15 is 0 Å². The molecule has 0 bridgehead atoms. The Morgan fingerprint density at radius 2 is 1.75 bits per heavy atom. The maximum atomic E-state index is 12.7. The summed E-state index contributed by atoms with van der Waals surface area (Å²) in [6, 6.07) is 10.9. The number of carbonyl (C=O) groups is 1. The molecule has 0 N–H and O–H groups in total. The van der Waals surface area contributed by atoms with Gasteiger partial charge < -0.3 is 13.7 Å². The van der Waals surface area contributed by atoms with Crippen LogP contribution in [-0.4, -0.2) is 68.3 Å². The summed E-state index contributed by atoms with van der Waals surface area (Å²) in [6.07, 6.45) is 1.25. The predicted octanol–water partition coefficient (Wildman–Crippen LogP) is 4.20. The van der Waals surface area contributed by atoms with E-state index in [2.05, 4.69) is 73.1 Å². The van der Waals surface area contributed by atoms with Crippen LogP contribution >= 0.6 is 0 Å². The Kier molecular flexibility index (Phi) is 6.67. The maximum absolute atomic E-state index is 12.7. The molecule has 0 spiro atoms. The number of esters is 1. The molecule has 0 saturated carbocycles. The number of piperidine rings is 1.